The number of aliphatic carboxylic acids is 1. The van der Waals surface area contributed by atoms with Crippen LogP contribution in [0.1, 0.15) is 45.4 Å². The number of carbonyl (C=O) groups is 1. The highest BCUT2D eigenvalue weighted by Gasteiger charge is 2.13. The number of hydrogen-bond donors (Lipinski definition) is 1. The largest absolute Gasteiger partial charge is 0.480 e. The molecule has 1 aliphatic rings. The smallest absolute Gasteiger partial charge is 0.317 e. The summed E-state index contributed by atoms with van der Waals surface area (Å²) >= 11 is 0. The van der Waals surface area contributed by atoms with Gasteiger partial charge in [-0.1, -0.05) is 19.8 Å². The Morgan fingerprint density at radius 1 is 1.28 bits per heavy atom. The zero-order chi connectivity index (χ0) is 13.2. The van der Waals surface area contributed by atoms with Gasteiger partial charge in [0.2, 0.25) is 0 Å². The van der Waals surface area contributed by atoms with E-state index in [0.717, 1.165) is 45.1 Å². The first-order valence-electron chi connectivity index (χ1n) is 7.24. The van der Waals surface area contributed by atoms with E-state index in [1.165, 1.54) is 25.7 Å². The lowest BCUT2D eigenvalue weighted by Crippen LogP contribution is -2.31. The molecule has 1 N–H and O–H groups in total. The second-order valence-electron chi connectivity index (χ2n) is 5.22. The summed E-state index contributed by atoms with van der Waals surface area (Å²) < 4.78 is 5.35. The highest BCUT2D eigenvalue weighted by atomic mass is 16.5. The van der Waals surface area contributed by atoms with Gasteiger partial charge in [0.1, 0.15) is 0 Å². The van der Waals surface area contributed by atoms with E-state index in [-0.39, 0.29) is 6.54 Å². The summed E-state index contributed by atoms with van der Waals surface area (Å²) in [5, 5.41) is 8.82. The van der Waals surface area contributed by atoms with E-state index in [2.05, 4.69) is 6.92 Å². The molecule has 1 heterocycles. The molecule has 0 bridgehead atoms. The number of nitrogens with zero attached hydrogens (tertiary/aromatic N) is 1. The molecule has 1 rings (SSSR count). The second kappa shape index (κ2) is 9.34. The maximum atomic E-state index is 10.7. The van der Waals surface area contributed by atoms with Crippen molar-refractivity contribution in [2.24, 2.45) is 5.92 Å². The van der Waals surface area contributed by atoms with Crippen molar-refractivity contribution >= 4 is 5.97 Å². The average molecular weight is 257 g/mol. The SMILES string of the molecule is CCCN(CCCCC1CCOCC1)CC(=O)O. The zero-order valence-electron chi connectivity index (χ0n) is 11.6. The van der Waals surface area contributed by atoms with E-state index in [4.69, 9.17) is 9.84 Å². The molecule has 4 nitrogen and oxygen atoms in total. The molecule has 106 valence electrons. The molecular formula is C14H27NO3. The van der Waals surface area contributed by atoms with Crippen molar-refractivity contribution in [3.8, 4) is 0 Å². The number of hydrogen-bond acceptors (Lipinski definition) is 3. The van der Waals surface area contributed by atoms with Gasteiger partial charge in [0, 0.05) is 13.2 Å². The molecule has 0 aromatic carbocycles. The van der Waals surface area contributed by atoms with Crippen molar-refractivity contribution in [3.05, 3.63) is 0 Å². The predicted octanol–water partition coefficient (Wildman–Crippen LogP) is 2.38. The van der Waals surface area contributed by atoms with Crippen LogP contribution in [0.5, 0.6) is 0 Å². The highest BCUT2D eigenvalue weighted by Crippen LogP contribution is 2.20. The molecule has 0 aromatic heterocycles. The molecule has 0 spiro atoms. The van der Waals surface area contributed by atoms with Crippen LogP contribution >= 0.6 is 0 Å². The Kier molecular flexibility index (Phi) is 8.01. The van der Waals surface area contributed by atoms with E-state index in [1.54, 1.807) is 0 Å². The van der Waals surface area contributed by atoms with Crippen molar-refractivity contribution in [1.29, 1.82) is 0 Å². The van der Waals surface area contributed by atoms with Crippen LogP contribution in [0.15, 0.2) is 0 Å². The monoisotopic (exact) mass is 257 g/mol. The van der Waals surface area contributed by atoms with Gasteiger partial charge in [-0.15, -0.1) is 0 Å². The van der Waals surface area contributed by atoms with E-state index >= 15 is 0 Å². The third-order valence-electron chi connectivity index (χ3n) is 3.58. The fraction of sp³-hybridized carbons (Fsp3) is 0.929. The van der Waals surface area contributed by atoms with Crippen molar-refractivity contribution < 1.29 is 14.6 Å². The maximum Gasteiger partial charge on any atom is 0.317 e. The molecule has 0 radical (unpaired) electrons. The molecule has 0 saturated carbocycles. The van der Waals surface area contributed by atoms with Crippen LogP contribution in [0.2, 0.25) is 0 Å². The van der Waals surface area contributed by atoms with Crippen molar-refractivity contribution in [1.82, 2.24) is 4.90 Å². The maximum absolute atomic E-state index is 10.7. The summed E-state index contributed by atoms with van der Waals surface area (Å²) in [6.07, 6.45) is 7.03. The minimum absolute atomic E-state index is 0.186. The molecule has 1 saturated heterocycles. The van der Waals surface area contributed by atoms with Gasteiger partial charge in [0.05, 0.1) is 6.54 Å². The van der Waals surface area contributed by atoms with Crippen LogP contribution in [0, 0.1) is 5.92 Å². The first-order valence-corrected chi connectivity index (χ1v) is 7.24. The van der Waals surface area contributed by atoms with Crippen LogP contribution in [0.3, 0.4) is 0 Å². The van der Waals surface area contributed by atoms with Crippen LogP contribution in [0.25, 0.3) is 0 Å². The molecule has 0 aromatic rings. The molecule has 0 atom stereocenters. The van der Waals surface area contributed by atoms with Gasteiger partial charge < -0.3 is 9.84 Å². The average Bonchev–Trinajstić information content (AvgIpc) is 2.35. The number of unbranched alkanes of at least 4 members (excludes halogenated alkanes) is 1. The Hall–Kier alpha value is -0.610. The van der Waals surface area contributed by atoms with E-state index in [9.17, 15) is 4.79 Å². The van der Waals surface area contributed by atoms with Crippen molar-refractivity contribution in [3.63, 3.8) is 0 Å². The van der Waals surface area contributed by atoms with Crippen LogP contribution in [-0.2, 0) is 9.53 Å². The predicted molar refractivity (Wildman–Crippen MR) is 71.8 cm³/mol. The number of ether oxygens (including phenoxy) is 1. The Morgan fingerprint density at radius 3 is 2.61 bits per heavy atom. The molecule has 0 aliphatic carbocycles. The Balaban J connectivity index is 2.07. The fourth-order valence-electron chi connectivity index (χ4n) is 2.58. The molecule has 0 amide bonds. The Bertz CT molecular complexity index is 227. The minimum atomic E-state index is -0.715. The highest BCUT2D eigenvalue weighted by molar-refractivity contribution is 5.69. The summed E-state index contributed by atoms with van der Waals surface area (Å²) in [4.78, 5) is 12.8. The van der Waals surface area contributed by atoms with Crippen LogP contribution in [0.4, 0.5) is 0 Å². The van der Waals surface area contributed by atoms with Crippen molar-refractivity contribution in [2.75, 3.05) is 32.8 Å². The van der Waals surface area contributed by atoms with Gasteiger partial charge >= 0.3 is 5.97 Å². The topological polar surface area (TPSA) is 49.8 Å². The van der Waals surface area contributed by atoms with Gasteiger partial charge in [-0.05, 0) is 44.7 Å². The summed E-state index contributed by atoms with van der Waals surface area (Å²) in [5.41, 5.74) is 0. The van der Waals surface area contributed by atoms with E-state index < -0.39 is 5.97 Å². The summed E-state index contributed by atoms with van der Waals surface area (Å²) in [7, 11) is 0. The van der Waals surface area contributed by atoms with Gasteiger partial charge in [-0.25, -0.2) is 0 Å². The Labute approximate surface area is 110 Å². The number of carboxylic acid groups (broad SMARTS) is 1. The lowest BCUT2D eigenvalue weighted by Gasteiger charge is -2.23. The van der Waals surface area contributed by atoms with Gasteiger partial charge in [-0.2, -0.15) is 0 Å². The van der Waals surface area contributed by atoms with Gasteiger partial charge in [0.25, 0.3) is 0 Å². The first kappa shape index (κ1) is 15.4. The van der Waals surface area contributed by atoms with E-state index in [0.29, 0.717) is 0 Å². The molecule has 1 aliphatic heterocycles. The molecule has 0 unspecified atom stereocenters. The summed E-state index contributed by atoms with van der Waals surface area (Å²) in [6, 6.07) is 0. The molecule has 4 heteroatoms. The summed E-state index contributed by atoms with van der Waals surface area (Å²) in [6.45, 7) is 5.94. The lowest BCUT2D eigenvalue weighted by molar-refractivity contribution is -0.138. The fourth-order valence-corrected chi connectivity index (χ4v) is 2.58. The normalized spacial score (nSPS) is 17.2. The third-order valence-corrected chi connectivity index (χ3v) is 3.58. The zero-order valence-corrected chi connectivity index (χ0v) is 11.6. The van der Waals surface area contributed by atoms with E-state index in [1.807, 2.05) is 4.90 Å². The lowest BCUT2D eigenvalue weighted by atomic mass is 9.94. The van der Waals surface area contributed by atoms with Gasteiger partial charge in [0.15, 0.2) is 0 Å². The quantitative estimate of drug-likeness (QED) is 0.644. The third kappa shape index (κ3) is 6.97. The van der Waals surface area contributed by atoms with Crippen LogP contribution < -0.4 is 0 Å². The molecule has 18 heavy (non-hydrogen) atoms. The molecular weight excluding hydrogens is 230 g/mol. The summed E-state index contributed by atoms with van der Waals surface area (Å²) in [5.74, 6) is 0.116. The number of rotatable bonds is 9. The first-order chi connectivity index (χ1) is 8.72. The molecule has 1 fully saturated rings. The standard InChI is InChI=1S/C14H27NO3/c1-2-8-15(12-14(16)17)9-4-3-5-13-6-10-18-11-7-13/h13H,2-12H2,1H3,(H,16,17). The Morgan fingerprint density at radius 2 is 2.00 bits per heavy atom. The number of carboxylic acids is 1. The van der Waals surface area contributed by atoms with Crippen molar-refractivity contribution in [2.45, 2.75) is 45.4 Å². The minimum Gasteiger partial charge on any atom is -0.480 e. The second-order valence-corrected chi connectivity index (χ2v) is 5.22. The van der Waals surface area contributed by atoms with Crippen LogP contribution in [-0.4, -0.2) is 48.8 Å². The van der Waals surface area contributed by atoms with Gasteiger partial charge in [-0.3, -0.25) is 9.69 Å².